The summed E-state index contributed by atoms with van der Waals surface area (Å²) in [6.45, 7) is 0.452. The maximum atomic E-state index is 12.1. The number of carboxylic acid groups (broad SMARTS) is 1. The molecule has 0 aromatic heterocycles. The first-order valence-electron chi connectivity index (χ1n) is 6.55. The van der Waals surface area contributed by atoms with Crippen LogP contribution in [0.3, 0.4) is 0 Å². The Kier molecular flexibility index (Phi) is 6.38. The zero-order chi connectivity index (χ0) is 16.0. The van der Waals surface area contributed by atoms with Crippen molar-refractivity contribution in [3.8, 4) is 0 Å². The van der Waals surface area contributed by atoms with Crippen LogP contribution in [0, 0.1) is 0 Å². The summed E-state index contributed by atoms with van der Waals surface area (Å²) in [4.78, 5) is 37.0. The van der Waals surface area contributed by atoms with Gasteiger partial charge in [-0.2, -0.15) is 0 Å². The van der Waals surface area contributed by atoms with Gasteiger partial charge in [-0.1, -0.05) is 0 Å². The smallest absolute Gasteiger partial charge is 0.326 e. The van der Waals surface area contributed by atoms with Crippen molar-refractivity contribution in [1.29, 1.82) is 0 Å². The fourth-order valence-corrected chi connectivity index (χ4v) is 2.11. The van der Waals surface area contributed by atoms with Crippen LogP contribution < -0.4 is 5.32 Å². The van der Waals surface area contributed by atoms with Gasteiger partial charge in [0, 0.05) is 33.7 Å². The Bertz CT molecular complexity index is 402. The Balaban J connectivity index is 2.53. The standard InChI is InChI=1S/C12H21N3O6/c1-14(7-10(17)13-3-4-21-2)12(20)15-6-8(16)5-9(15)11(18)19/h8-9,16H,3-7H2,1-2H3,(H,13,17)(H,18,19)/t8-,9-/m0/s1. The van der Waals surface area contributed by atoms with Gasteiger partial charge >= 0.3 is 12.0 Å². The highest BCUT2D eigenvalue weighted by molar-refractivity contribution is 5.87. The van der Waals surface area contributed by atoms with Crippen LogP contribution in [-0.4, -0.2) is 90.5 Å². The number of nitrogens with zero attached hydrogens (tertiary/aromatic N) is 2. The number of likely N-dealkylation sites (tertiary alicyclic amines) is 1. The van der Waals surface area contributed by atoms with Crippen LogP contribution in [0.4, 0.5) is 4.79 Å². The number of urea groups is 1. The first kappa shape index (κ1) is 17.2. The fourth-order valence-electron chi connectivity index (χ4n) is 2.11. The third-order valence-corrected chi connectivity index (χ3v) is 3.15. The molecule has 1 fully saturated rings. The third kappa shape index (κ3) is 4.87. The molecule has 3 N–H and O–H groups in total. The third-order valence-electron chi connectivity index (χ3n) is 3.15. The molecule has 9 heteroatoms. The average molecular weight is 303 g/mol. The molecule has 1 aliphatic rings. The predicted molar refractivity (Wildman–Crippen MR) is 71.7 cm³/mol. The molecule has 0 aromatic carbocycles. The molecule has 0 saturated carbocycles. The van der Waals surface area contributed by atoms with Crippen LogP contribution in [-0.2, 0) is 14.3 Å². The summed E-state index contributed by atoms with van der Waals surface area (Å²) in [6.07, 6.45) is -0.867. The van der Waals surface area contributed by atoms with Crippen LogP contribution >= 0.6 is 0 Å². The highest BCUT2D eigenvalue weighted by Gasteiger charge is 2.40. The van der Waals surface area contributed by atoms with Crippen LogP contribution in [0.2, 0.25) is 0 Å². The number of carbonyl (C=O) groups excluding carboxylic acids is 2. The number of carboxylic acids is 1. The van der Waals surface area contributed by atoms with Gasteiger partial charge in [-0.05, 0) is 0 Å². The molecule has 0 bridgehead atoms. The minimum Gasteiger partial charge on any atom is -0.480 e. The van der Waals surface area contributed by atoms with E-state index in [1.807, 2.05) is 0 Å². The first-order valence-corrected chi connectivity index (χ1v) is 6.55. The van der Waals surface area contributed by atoms with E-state index < -0.39 is 24.1 Å². The lowest BCUT2D eigenvalue weighted by molar-refractivity contribution is -0.141. The minimum absolute atomic E-state index is 0.00501. The molecule has 0 aromatic rings. The highest BCUT2D eigenvalue weighted by atomic mass is 16.5. The van der Waals surface area contributed by atoms with Crippen molar-refractivity contribution < 1.29 is 29.3 Å². The van der Waals surface area contributed by atoms with Gasteiger partial charge in [0.2, 0.25) is 5.91 Å². The number of methoxy groups -OCH3 is 1. The molecule has 9 nitrogen and oxygen atoms in total. The van der Waals surface area contributed by atoms with Crippen molar-refractivity contribution in [1.82, 2.24) is 15.1 Å². The van der Waals surface area contributed by atoms with Gasteiger partial charge < -0.3 is 30.1 Å². The normalized spacial score (nSPS) is 21.2. The van der Waals surface area contributed by atoms with Crippen LogP contribution in [0.25, 0.3) is 0 Å². The molecule has 1 rings (SSSR count). The molecule has 1 saturated heterocycles. The summed E-state index contributed by atoms with van der Waals surface area (Å²) < 4.78 is 4.78. The molecule has 0 spiro atoms. The Morgan fingerprint density at radius 3 is 2.67 bits per heavy atom. The second kappa shape index (κ2) is 7.79. The van der Waals surface area contributed by atoms with Crippen molar-refractivity contribution >= 4 is 17.9 Å². The largest absolute Gasteiger partial charge is 0.480 e. The summed E-state index contributed by atoms with van der Waals surface area (Å²) in [5.74, 6) is -1.53. The van der Waals surface area contributed by atoms with Crippen molar-refractivity contribution in [3.05, 3.63) is 0 Å². The topological polar surface area (TPSA) is 119 Å². The summed E-state index contributed by atoms with van der Waals surface area (Å²) >= 11 is 0. The molecule has 2 atom stereocenters. The SMILES string of the molecule is COCCNC(=O)CN(C)C(=O)N1C[C@@H](O)C[C@H]1C(=O)O. The van der Waals surface area contributed by atoms with Gasteiger partial charge in [-0.25, -0.2) is 9.59 Å². The number of nitrogens with one attached hydrogen (secondary N) is 1. The number of carbonyl (C=O) groups is 3. The number of amides is 3. The molecular formula is C12H21N3O6. The number of aliphatic hydroxyl groups excluding tert-OH is 1. The van der Waals surface area contributed by atoms with Crippen LogP contribution in [0.15, 0.2) is 0 Å². The molecule has 120 valence electrons. The lowest BCUT2D eigenvalue weighted by Gasteiger charge is -2.27. The number of ether oxygens (including phenoxy) is 1. The Morgan fingerprint density at radius 1 is 1.43 bits per heavy atom. The predicted octanol–water partition coefficient (Wildman–Crippen LogP) is -1.68. The number of hydrogen-bond acceptors (Lipinski definition) is 5. The summed E-state index contributed by atoms with van der Waals surface area (Å²) in [6, 6.07) is -1.66. The Hall–Kier alpha value is -1.87. The first-order chi connectivity index (χ1) is 9.86. The second-order valence-electron chi connectivity index (χ2n) is 4.88. The number of aliphatic hydroxyl groups is 1. The minimum atomic E-state index is -1.17. The average Bonchev–Trinajstić information content (AvgIpc) is 2.80. The van der Waals surface area contributed by atoms with E-state index >= 15 is 0 Å². The van der Waals surface area contributed by atoms with E-state index in [1.165, 1.54) is 14.2 Å². The maximum absolute atomic E-state index is 12.1. The van der Waals surface area contributed by atoms with Crippen LogP contribution in [0.1, 0.15) is 6.42 Å². The lowest BCUT2D eigenvalue weighted by atomic mass is 10.2. The molecular weight excluding hydrogens is 282 g/mol. The number of likely N-dealkylation sites (N-methyl/N-ethyl adjacent to an activating group) is 1. The molecule has 1 aliphatic heterocycles. The summed E-state index contributed by atoms with van der Waals surface area (Å²) in [7, 11) is 2.91. The highest BCUT2D eigenvalue weighted by Crippen LogP contribution is 2.19. The number of rotatable bonds is 6. The Morgan fingerprint density at radius 2 is 2.10 bits per heavy atom. The summed E-state index contributed by atoms with van der Waals surface area (Å²) in [5.41, 5.74) is 0. The lowest BCUT2D eigenvalue weighted by Crippen LogP contribution is -2.49. The van der Waals surface area contributed by atoms with E-state index in [9.17, 15) is 19.5 Å². The second-order valence-corrected chi connectivity index (χ2v) is 4.88. The van der Waals surface area contributed by atoms with E-state index in [4.69, 9.17) is 9.84 Å². The van der Waals surface area contributed by atoms with Gasteiger partial charge in [0.25, 0.3) is 0 Å². The van der Waals surface area contributed by atoms with Gasteiger partial charge in [0.1, 0.15) is 12.6 Å². The van der Waals surface area contributed by atoms with E-state index in [1.54, 1.807) is 0 Å². The van der Waals surface area contributed by atoms with Crippen molar-refractivity contribution in [3.63, 3.8) is 0 Å². The summed E-state index contributed by atoms with van der Waals surface area (Å²) in [5, 5.41) is 21.1. The zero-order valence-corrected chi connectivity index (χ0v) is 12.1. The molecule has 0 unspecified atom stereocenters. The molecule has 0 aliphatic carbocycles. The fraction of sp³-hybridized carbons (Fsp3) is 0.750. The molecule has 3 amide bonds. The van der Waals surface area contributed by atoms with Gasteiger partial charge in [0.15, 0.2) is 0 Å². The Labute approximate surface area is 122 Å². The number of hydrogen-bond donors (Lipinski definition) is 3. The van der Waals surface area contributed by atoms with E-state index in [0.717, 1.165) is 9.80 Å². The van der Waals surface area contributed by atoms with Crippen LogP contribution in [0.5, 0.6) is 0 Å². The van der Waals surface area contributed by atoms with Crippen molar-refractivity contribution in [2.75, 3.05) is 40.4 Å². The van der Waals surface area contributed by atoms with Gasteiger partial charge in [0.05, 0.1) is 12.7 Å². The number of aliphatic carboxylic acids is 1. The monoisotopic (exact) mass is 303 g/mol. The van der Waals surface area contributed by atoms with Gasteiger partial charge in [-0.15, -0.1) is 0 Å². The number of β-amino-alcohol motifs (C(OH)–C–C–N with tert-alkyl or cyclic N) is 1. The molecule has 21 heavy (non-hydrogen) atoms. The van der Waals surface area contributed by atoms with E-state index in [-0.39, 0.29) is 25.4 Å². The maximum Gasteiger partial charge on any atom is 0.326 e. The molecule has 1 heterocycles. The van der Waals surface area contributed by atoms with Gasteiger partial charge in [-0.3, -0.25) is 4.79 Å². The van der Waals surface area contributed by atoms with Crippen molar-refractivity contribution in [2.24, 2.45) is 0 Å². The van der Waals surface area contributed by atoms with Crippen molar-refractivity contribution in [2.45, 2.75) is 18.6 Å². The van der Waals surface area contributed by atoms with E-state index in [0.29, 0.717) is 13.2 Å². The van der Waals surface area contributed by atoms with E-state index in [2.05, 4.69) is 5.32 Å². The molecule has 0 radical (unpaired) electrons. The zero-order valence-electron chi connectivity index (χ0n) is 12.1. The quantitative estimate of drug-likeness (QED) is 0.504.